The lowest BCUT2D eigenvalue weighted by Crippen LogP contribution is -2.30. The molecule has 0 radical (unpaired) electrons. The van der Waals surface area contributed by atoms with Crippen molar-refractivity contribution >= 4 is 58.3 Å². The molecule has 1 aromatic heterocycles. The second-order valence-corrected chi connectivity index (χ2v) is 11.4. The number of hydrogen-bond acceptors (Lipinski definition) is 5. The van der Waals surface area contributed by atoms with Crippen molar-refractivity contribution in [2.75, 3.05) is 10.6 Å². The van der Waals surface area contributed by atoms with Crippen molar-refractivity contribution in [3.8, 4) is 0 Å². The normalized spacial score (nSPS) is 12.4. The molecule has 1 atom stereocenters. The average molecular weight is 668 g/mol. The van der Waals surface area contributed by atoms with Gasteiger partial charge in [0.2, 0.25) is 5.91 Å². The van der Waals surface area contributed by atoms with Gasteiger partial charge in [-0.15, -0.1) is 11.8 Å². The molecule has 0 fully saturated rings. The molecule has 0 aliphatic carbocycles. The third kappa shape index (κ3) is 8.10. The van der Waals surface area contributed by atoms with Gasteiger partial charge in [-0.2, -0.15) is 24.5 Å². The number of rotatable bonds is 9. The van der Waals surface area contributed by atoms with Crippen LogP contribution in [0.5, 0.6) is 0 Å². The number of carbonyl (C=O) groups is 3. The van der Waals surface area contributed by atoms with Crippen LogP contribution in [-0.4, -0.2) is 23.0 Å². The van der Waals surface area contributed by atoms with Crippen LogP contribution in [-0.2, 0) is 15.8 Å². The van der Waals surface area contributed by atoms with Gasteiger partial charge in [-0.25, -0.2) is 17.6 Å². The van der Waals surface area contributed by atoms with Crippen molar-refractivity contribution in [3.05, 3.63) is 117 Å². The Morgan fingerprint density at radius 2 is 1.53 bits per heavy atom. The van der Waals surface area contributed by atoms with E-state index in [9.17, 15) is 45.1 Å². The monoisotopic (exact) mass is 667 g/mol. The first-order valence-electron chi connectivity index (χ1n) is 12.7. The molecule has 1 heterocycles. The summed E-state index contributed by atoms with van der Waals surface area (Å²) in [4.78, 5) is 38.9. The van der Waals surface area contributed by atoms with Crippen molar-refractivity contribution in [1.29, 1.82) is 0 Å². The van der Waals surface area contributed by atoms with Gasteiger partial charge in [-0.1, -0.05) is 24.3 Å². The molecule has 0 aliphatic rings. The Bertz CT molecular complexity index is 1730. The van der Waals surface area contributed by atoms with Gasteiger partial charge in [0.15, 0.2) is 23.3 Å². The summed E-state index contributed by atoms with van der Waals surface area (Å²) in [6.07, 6.45) is -4.25. The average Bonchev–Trinajstić information content (AvgIpc) is 3.51. The van der Waals surface area contributed by atoms with Crippen LogP contribution in [0.1, 0.15) is 28.4 Å². The highest BCUT2D eigenvalue weighted by atomic mass is 32.2. The Balaban J connectivity index is 1.48. The van der Waals surface area contributed by atoms with Crippen LogP contribution in [0.2, 0.25) is 0 Å². The Kier molecular flexibility index (Phi) is 10.3. The fourth-order valence-corrected chi connectivity index (χ4v) is 5.33. The summed E-state index contributed by atoms with van der Waals surface area (Å²) in [5.41, 5.74) is -3.35. The molecular weight excluding hydrogens is 647 g/mol. The number of alkyl halides is 3. The molecule has 0 saturated heterocycles. The standard InChI is InChI=1S/C30H20F7N3O3S2/c1-15(27(41)40-26-24(33)22(31)21(30(35,36)37)23(32)25(26)34)45-19-9-5-8-18(13-19)38-29(43)20(12-16-10-11-44-14-16)39-28(42)17-6-3-2-4-7-17/h2-15H,1H3,(H,38,43)(H,39,42)(H,40,41)/b20-12-. The highest BCUT2D eigenvalue weighted by molar-refractivity contribution is 8.00. The van der Waals surface area contributed by atoms with E-state index in [1.807, 2.05) is 0 Å². The van der Waals surface area contributed by atoms with Crippen LogP contribution in [0.15, 0.2) is 82.0 Å². The zero-order valence-corrected chi connectivity index (χ0v) is 24.4. The van der Waals surface area contributed by atoms with E-state index in [1.54, 1.807) is 52.5 Å². The largest absolute Gasteiger partial charge is 0.422 e. The molecule has 15 heteroatoms. The van der Waals surface area contributed by atoms with E-state index in [1.165, 1.54) is 48.6 Å². The lowest BCUT2D eigenvalue weighted by molar-refractivity contribution is -0.143. The molecule has 3 aromatic carbocycles. The quantitative estimate of drug-likeness (QED) is 0.0735. The molecule has 4 rings (SSSR count). The first kappa shape index (κ1) is 33.3. The van der Waals surface area contributed by atoms with Crippen LogP contribution >= 0.6 is 23.1 Å². The SMILES string of the molecule is CC(Sc1cccc(NC(=O)/C(=C/c2ccsc2)NC(=O)c2ccccc2)c1)C(=O)Nc1c(F)c(F)c(C(F)(F)F)c(F)c1F. The molecule has 6 nitrogen and oxygen atoms in total. The number of halogens is 7. The molecule has 0 aliphatic heterocycles. The lowest BCUT2D eigenvalue weighted by Gasteiger charge is -2.17. The van der Waals surface area contributed by atoms with Crippen molar-refractivity contribution in [2.24, 2.45) is 0 Å². The van der Waals surface area contributed by atoms with Crippen LogP contribution < -0.4 is 16.0 Å². The summed E-state index contributed by atoms with van der Waals surface area (Å²) in [5, 5.41) is 9.17. The summed E-state index contributed by atoms with van der Waals surface area (Å²) >= 11 is 2.18. The summed E-state index contributed by atoms with van der Waals surface area (Å²) in [6.45, 7) is 1.26. The third-order valence-electron chi connectivity index (χ3n) is 5.95. The Hall–Kier alpha value is -4.63. The van der Waals surface area contributed by atoms with Crippen LogP contribution in [0.3, 0.4) is 0 Å². The maximum Gasteiger partial charge on any atom is 0.422 e. The van der Waals surface area contributed by atoms with Crippen molar-refractivity contribution in [1.82, 2.24) is 5.32 Å². The van der Waals surface area contributed by atoms with E-state index in [-0.39, 0.29) is 11.4 Å². The van der Waals surface area contributed by atoms with Crippen LogP contribution in [0.25, 0.3) is 6.08 Å². The predicted octanol–water partition coefficient (Wildman–Crippen LogP) is 7.85. The van der Waals surface area contributed by atoms with E-state index < -0.39 is 63.7 Å². The number of thiophene rings is 1. The number of hydrogen-bond donors (Lipinski definition) is 3. The molecule has 1 unspecified atom stereocenters. The fourth-order valence-electron chi connectivity index (χ4n) is 3.78. The number of nitrogens with one attached hydrogen (secondary N) is 3. The minimum Gasteiger partial charge on any atom is -0.321 e. The van der Waals surface area contributed by atoms with Gasteiger partial charge in [-0.05, 0) is 65.7 Å². The van der Waals surface area contributed by atoms with E-state index >= 15 is 0 Å². The number of anilines is 2. The summed E-state index contributed by atoms with van der Waals surface area (Å²) in [5.74, 6) is -12.6. The molecule has 45 heavy (non-hydrogen) atoms. The topological polar surface area (TPSA) is 87.3 Å². The Labute approximate surface area is 259 Å². The van der Waals surface area contributed by atoms with Crippen molar-refractivity contribution in [2.45, 2.75) is 23.2 Å². The second kappa shape index (κ2) is 14.0. The highest BCUT2D eigenvalue weighted by Crippen LogP contribution is 2.39. The zero-order chi connectivity index (χ0) is 32.9. The number of carbonyl (C=O) groups excluding carboxylic acids is 3. The van der Waals surface area contributed by atoms with E-state index in [0.717, 1.165) is 11.8 Å². The van der Waals surface area contributed by atoms with E-state index in [4.69, 9.17) is 0 Å². The number of amides is 3. The lowest BCUT2D eigenvalue weighted by atomic mass is 10.1. The Morgan fingerprint density at radius 1 is 0.867 bits per heavy atom. The highest BCUT2D eigenvalue weighted by Gasteiger charge is 2.42. The van der Waals surface area contributed by atoms with Crippen molar-refractivity contribution < 1.29 is 45.1 Å². The molecule has 234 valence electrons. The molecular formula is C30H20F7N3O3S2. The Morgan fingerprint density at radius 3 is 2.13 bits per heavy atom. The summed E-state index contributed by atoms with van der Waals surface area (Å²) in [7, 11) is 0. The van der Waals surface area contributed by atoms with E-state index in [0.29, 0.717) is 16.0 Å². The van der Waals surface area contributed by atoms with Gasteiger partial charge >= 0.3 is 6.18 Å². The zero-order valence-electron chi connectivity index (χ0n) is 22.8. The van der Waals surface area contributed by atoms with Gasteiger partial charge < -0.3 is 16.0 Å². The molecule has 0 saturated carbocycles. The minimum atomic E-state index is -5.73. The third-order valence-corrected chi connectivity index (χ3v) is 7.75. The van der Waals surface area contributed by atoms with Crippen LogP contribution in [0.4, 0.5) is 42.1 Å². The summed E-state index contributed by atoms with van der Waals surface area (Å²) < 4.78 is 94.9. The van der Waals surface area contributed by atoms with Gasteiger partial charge in [0, 0.05) is 16.1 Å². The molecule has 0 bridgehead atoms. The second-order valence-electron chi connectivity index (χ2n) is 9.17. The van der Waals surface area contributed by atoms with Crippen LogP contribution in [0, 0.1) is 23.3 Å². The smallest absolute Gasteiger partial charge is 0.321 e. The first-order chi connectivity index (χ1) is 21.3. The molecule has 4 aromatic rings. The summed E-state index contributed by atoms with van der Waals surface area (Å²) in [6, 6.07) is 15.9. The molecule has 3 N–H and O–H groups in total. The number of benzene rings is 3. The maximum absolute atomic E-state index is 14.2. The molecule has 3 amide bonds. The predicted molar refractivity (Wildman–Crippen MR) is 157 cm³/mol. The van der Waals surface area contributed by atoms with Gasteiger partial charge in [0.05, 0.1) is 5.25 Å². The maximum atomic E-state index is 14.2. The molecule has 0 spiro atoms. The van der Waals surface area contributed by atoms with Gasteiger partial charge in [-0.3, -0.25) is 14.4 Å². The fraction of sp³-hybridized carbons (Fsp3) is 0.100. The minimum absolute atomic E-state index is 0.0758. The van der Waals surface area contributed by atoms with Gasteiger partial charge in [0.25, 0.3) is 11.8 Å². The van der Waals surface area contributed by atoms with E-state index in [2.05, 4.69) is 10.6 Å². The van der Waals surface area contributed by atoms with Gasteiger partial charge in [0.1, 0.15) is 16.9 Å². The van der Waals surface area contributed by atoms with Crippen molar-refractivity contribution in [3.63, 3.8) is 0 Å². The number of thioether (sulfide) groups is 1. The first-order valence-corrected chi connectivity index (χ1v) is 14.5.